The Morgan fingerprint density at radius 3 is 2.78 bits per heavy atom. The highest BCUT2D eigenvalue weighted by Crippen LogP contribution is 2.32. The van der Waals surface area contributed by atoms with Crippen molar-refractivity contribution in [1.29, 1.82) is 0 Å². The van der Waals surface area contributed by atoms with E-state index in [2.05, 4.69) is 32.7 Å². The molecular formula is C17H20BrN3O2. The van der Waals surface area contributed by atoms with Crippen LogP contribution in [-0.2, 0) is 13.1 Å². The molecule has 0 aliphatic carbocycles. The maximum Gasteiger partial charge on any atom is 0.226 e. The highest BCUT2D eigenvalue weighted by Gasteiger charge is 2.28. The highest BCUT2D eigenvalue weighted by molar-refractivity contribution is 9.10. The topological polar surface area (TPSA) is 52.7 Å². The lowest BCUT2D eigenvalue weighted by atomic mass is 10.1. The molecule has 2 aliphatic rings. The van der Waals surface area contributed by atoms with Gasteiger partial charge in [-0.05, 0) is 24.6 Å². The average Bonchev–Trinajstić information content (AvgIpc) is 3.03. The SMILES string of the molecule is Cc1c(Br)cccc1-c1nc2c(o1)CN(CCN1CC(O)C1)C2. The normalized spacial score (nSPS) is 19.1. The lowest BCUT2D eigenvalue weighted by Gasteiger charge is -2.36. The van der Waals surface area contributed by atoms with E-state index in [9.17, 15) is 5.11 Å². The number of aliphatic hydroxyl groups is 1. The fraction of sp³-hybridized carbons (Fsp3) is 0.471. The number of aliphatic hydroxyl groups excluding tert-OH is 1. The van der Waals surface area contributed by atoms with Crippen molar-refractivity contribution >= 4 is 15.9 Å². The van der Waals surface area contributed by atoms with Crippen molar-refractivity contribution in [1.82, 2.24) is 14.8 Å². The first-order valence-electron chi connectivity index (χ1n) is 7.97. The van der Waals surface area contributed by atoms with Gasteiger partial charge in [0.1, 0.15) is 5.76 Å². The Kier molecular flexibility index (Phi) is 4.01. The second kappa shape index (κ2) is 6.02. The van der Waals surface area contributed by atoms with Gasteiger partial charge < -0.3 is 9.52 Å². The van der Waals surface area contributed by atoms with E-state index in [-0.39, 0.29) is 6.10 Å². The van der Waals surface area contributed by atoms with Crippen molar-refractivity contribution in [3.8, 4) is 11.5 Å². The molecule has 2 aliphatic heterocycles. The van der Waals surface area contributed by atoms with Gasteiger partial charge in [0.2, 0.25) is 5.89 Å². The van der Waals surface area contributed by atoms with Crippen molar-refractivity contribution in [2.45, 2.75) is 26.1 Å². The number of halogens is 1. The predicted octanol–water partition coefficient (Wildman–Crippen LogP) is 2.40. The molecule has 1 aromatic heterocycles. The second-order valence-corrected chi connectivity index (χ2v) is 7.28. The molecule has 2 aromatic rings. The zero-order valence-electron chi connectivity index (χ0n) is 13.1. The van der Waals surface area contributed by atoms with Gasteiger partial charge in [0.05, 0.1) is 18.3 Å². The lowest BCUT2D eigenvalue weighted by Crippen LogP contribution is -2.52. The zero-order chi connectivity index (χ0) is 16.0. The van der Waals surface area contributed by atoms with Gasteiger partial charge in [-0.15, -0.1) is 0 Å². The molecule has 23 heavy (non-hydrogen) atoms. The fourth-order valence-corrected chi connectivity index (χ4v) is 3.59. The molecule has 1 saturated heterocycles. The maximum absolute atomic E-state index is 9.32. The van der Waals surface area contributed by atoms with Crippen molar-refractivity contribution in [2.24, 2.45) is 0 Å². The van der Waals surface area contributed by atoms with Crippen molar-refractivity contribution in [2.75, 3.05) is 26.2 Å². The molecule has 1 fully saturated rings. The Morgan fingerprint density at radius 1 is 1.26 bits per heavy atom. The Morgan fingerprint density at radius 2 is 2.04 bits per heavy atom. The van der Waals surface area contributed by atoms with Crippen molar-refractivity contribution < 1.29 is 9.52 Å². The van der Waals surface area contributed by atoms with Gasteiger partial charge in [-0.3, -0.25) is 9.80 Å². The van der Waals surface area contributed by atoms with Crippen LogP contribution in [0.5, 0.6) is 0 Å². The number of oxazole rings is 1. The Hall–Kier alpha value is -1.21. The molecule has 122 valence electrons. The smallest absolute Gasteiger partial charge is 0.226 e. The molecule has 0 amide bonds. The number of hydrogen-bond acceptors (Lipinski definition) is 5. The van der Waals surface area contributed by atoms with Gasteiger partial charge in [0, 0.05) is 42.8 Å². The van der Waals surface area contributed by atoms with Crippen LogP contribution in [0.15, 0.2) is 27.1 Å². The minimum absolute atomic E-state index is 0.124. The molecular weight excluding hydrogens is 358 g/mol. The fourth-order valence-electron chi connectivity index (χ4n) is 3.22. The number of rotatable bonds is 4. The number of aromatic nitrogens is 1. The Labute approximate surface area is 144 Å². The van der Waals surface area contributed by atoms with Crippen molar-refractivity contribution in [3.05, 3.63) is 39.7 Å². The third-order valence-electron chi connectivity index (χ3n) is 4.69. The molecule has 0 bridgehead atoms. The van der Waals surface area contributed by atoms with E-state index in [0.29, 0.717) is 0 Å². The molecule has 0 atom stereocenters. The molecule has 1 aromatic carbocycles. The van der Waals surface area contributed by atoms with Crippen LogP contribution < -0.4 is 0 Å². The highest BCUT2D eigenvalue weighted by atomic mass is 79.9. The summed E-state index contributed by atoms with van der Waals surface area (Å²) in [5.41, 5.74) is 3.26. The third-order valence-corrected chi connectivity index (χ3v) is 5.55. The summed E-state index contributed by atoms with van der Waals surface area (Å²) in [5.74, 6) is 1.71. The van der Waals surface area contributed by atoms with Crippen LogP contribution in [0.2, 0.25) is 0 Å². The van der Waals surface area contributed by atoms with E-state index >= 15 is 0 Å². The lowest BCUT2D eigenvalue weighted by molar-refractivity contribution is -0.00293. The summed E-state index contributed by atoms with van der Waals surface area (Å²) >= 11 is 3.56. The van der Waals surface area contributed by atoms with Gasteiger partial charge in [-0.2, -0.15) is 0 Å². The zero-order valence-corrected chi connectivity index (χ0v) is 14.7. The van der Waals surface area contributed by atoms with E-state index in [1.54, 1.807) is 0 Å². The van der Waals surface area contributed by atoms with Gasteiger partial charge >= 0.3 is 0 Å². The summed E-state index contributed by atoms with van der Waals surface area (Å²) in [4.78, 5) is 9.33. The number of likely N-dealkylation sites (tertiary alicyclic amines) is 1. The summed E-state index contributed by atoms with van der Waals surface area (Å²) in [6.45, 7) is 7.35. The third kappa shape index (κ3) is 2.96. The first-order chi connectivity index (χ1) is 11.1. The maximum atomic E-state index is 9.32. The molecule has 0 saturated carbocycles. The minimum atomic E-state index is -0.124. The van der Waals surface area contributed by atoms with Gasteiger partial charge in [-0.1, -0.05) is 22.0 Å². The largest absolute Gasteiger partial charge is 0.439 e. The predicted molar refractivity (Wildman–Crippen MR) is 90.9 cm³/mol. The quantitative estimate of drug-likeness (QED) is 0.886. The first kappa shape index (κ1) is 15.3. The Bertz CT molecular complexity index is 701. The van der Waals surface area contributed by atoms with E-state index in [0.717, 1.165) is 72.2 Å². The van der Waals surface area contributed by atoms with Crippen LogP contribution in [0.4, 0.5) is 0 Å². The molecule has 1 N–H and O–H groups in total. The minimum Gasteiger partial charge on any atom is -0.439 e. The molecule has 0 spiro atoms. The van der Waals surface area contributed by atoms with E-state index in [4.69, 9.17) is 9.40 Å². The van der Waals surface area contributed by atoms with Gasteiger partial charge in [0.25, 0.3) is 0 Å². The summed E-state index contributed by atoms with van der Waals surface area (Å²) in [7, 11) is 0. The molecule has 4 rings (SSSR count). The Balaban J connectivity index is 1.41. The van der Waals surface area contributed by atoms with Crippen molar-refractivity contribution in [3.63, 3.8) is 0 Å². The van der Waals surface area contributed by atoms with E-state index < -0.39 is 0 Å². The number of hydrogen-bond donors (Lipinski definition) is 1. The number of nitrogens with zero attached hydrogens (tertiary/aromatic N) is 3. The number of fused-ring (bicyclic) bond motifs is 1. The second-order valence-electron chi connectivity index (χ2n) is 6.43. The summed E-state index contributed by atoms with van der Waals surface area (Å²) < 4.78 is 7.09. The van der Waals surface area contributed by atoms with E-state index in [1.165, 1.54) is 0 Å². The summed E-state index contributed by atoms with van der Waals surface area (Å²) in [5, 5.41) is 9.32. The van der Waals surface area contributed by atoms with Gasteiger partial charge in [-0.25, -0.2) is 4.98 Å². The molecule has 6 heteroatoms. The molecule has 3 heterocycles. The van der Waals surface area contributed by atoms with Crippen LogP contribution in [0.1, 0.15) is 17.0 Å². The first-order valence-corrected chi connectivity index (χ1v) is 8.76. The van der Waals surface area contributed by atoms with Crippen LogP contribution in [-0.4, -0.2) is 52.2 Å². The molecule has 5 nitrogen and oxygen atoms in total. The van der Waals surface area contributed by atoms with Crippen LogP contribution in [0.3, 0.4) is 0 Å². The number of benzene rings is 1. The van der Waals surface area contributed by atoms with Crippen LogP contribution in [0, 0.1) is 6.92 Å². The molecule has 0 radical (unpaired) electrons. The standard InChI is InChI=1S/C17H20BrN3O2/c1-11-13(3-2-4-14(11)18)17-19-15-9-21(10-16(15)23-17)6-5-20-7-12(22)8-20/h2-4,12,22H,5-10H2,1H3. The van der Waals surface area contributed by atoms with Gasteiger partial charge in [0.15, 0.2) is 0 Å². The number of β-amino-alcohol motifs (C(OH)–C–C–N with tert-alkyl or cyclic N) is 1. The average molecular weight is 378 g/mol. The summed E-state index contributed by atoms with van der Waals surface area (Å²) in [6, 6.07) is 6.09. The van der Waals surface area contributed by atoms with Crippen LogP contribution in [0.25, 0.3) is 11.5 Å². The van der Waals surface area contributed by atoms with Crippen LogP contribution >= 0.6 is 15.9 Å². The van der Waals surface area contributed by atoms with E-state index in [1.807, 2.05) is 18.2 Å². The summed E-state index contributed by atoms with van der Waals surface area (Å²) in [6.07, 6.45) is -0.124. The monoisotopic (exact) mass is 377 g/mol. The molecule has 0 unspecified atom stereocenters.